The third-order valence-electron chi connectivity index (χ3n) is 4.15. The molecule has 0 radical (unpaired) electrons. The molecule has 0 fully saturated rings. The summed E-state index contributed by atoms with van der Waals surface area (Å²) in [5.41, 5.74) is 0.663. The lowest BCUT2D eigenvalue weighted by Crippen LogP contribution is -2.24. The molecular formula is C20H33NO2. The number of rotatable bonds is 13. The standard InChI is InChI=1S/C20H33NO2/c1-3-4-5-6-7-8-9-10-11-12-16-21-20(22)18-14-13-15-19(17-18)23-2/h13-15,17H,3-12,16H2,1-2H3,(H,21,22). The van der Waals surface area contributed by atoms with E-state index in [0.29, 0.717) is 5.56 Å². The van der Waals surface area contributed by atoms with Crippen LogP contribution in [0.25, 0.3) is 0 Å². The second kappa shape index (κ2) is 13.0. The highest BCUT2D eigenvalue weighted by molar-refractivity contribution is 5.94. The Morgan fingerprint density at radius 1 is 0.957 bits per heavy atom. The molecule has 3 nitrogen and oxygen atoms in total. The van der Waals surface area contributed by atoms with Gasteiger partial charge in [0.2, 0.25) is 0 Å². The SMILES string of the molecule is CCCCCCCCCCCCNC(=O)c1cccc(OC)c1. The minimum Gasteiger partial charge on any atom is -0.497 e. The van der Waals surface area contributed by atoms with Gasteiger partial charge < -0.3 is 10.1 Å². The number of nitrogens with one attached hydrogen (secondary N) is 1. The van der Waals surface area contributed by atoms with Crippen molar-refractivity contribution in [3.05, 3.63) is 29.8 Å². The maximum atomic E-state index is 12.0. The minimum atomic E-state index is -0.0141. The Hall–Kier alpha value is -1.51. The summed E-state index contributed by atoms with van der Waals surface area (Å²) in [6.07, 6.45) is 13.1. The number of carbonyl (C=O) groups is 1. The van der Waals surface area contributed by atoms with Crippen LogP contribution in [0.2, 0.25) is 0 Å². The average Bonchev–Trinajstić information content (AvgIpc) is 2.59. The van der Waals surface area contributed by atoms with E-state index >= 15 is 0 Å². The molecule has 3 heteroatoms. The summed E-state index contributed by atoms with van der Waals surface area (Å²) in [4.78, 5) is 12.0. The van der Waals surface area contributed by atoms with E-state index in [1.807, 2.05) is 18.2 Å². The summed E-state index contributed by atoms with van der Waals surface area (Å²) < 4.78 is 5.14. The summed E-state index contributed by atoms with van der Waals surface area (Å²) in [5.74, 6) is 0.705. The molecule has 0 heterocycles. The van der Waals surface area contributed by atoms with Gasteiger partial charge in [0.05, 0.1) is 7.11 Å². The predicted octanol–water partition coefficient (Wildman–Crippen LogP) is 5.35. The van der Waals surface area contributed by atoms with Gasteiger partial charge in [0.15, 0.2) is 0 Å². The first kappa shape index (κ1) is 19.5. The Morgan fingerprint density at radius 2 is 1.57 bits per heavy atom. The first-order chi connectivity index (χ1) is 11.3. The Balaban J connectivity index is 1.99. The Labute approximate surface area is 141 Å². The van der Waals surface area contributed by atoms with Crippen LogP contribution in [0.3, 0.4) is 0 Å². The quantitative estimate of drug-likeness (QED) is 0.498. The van der Waals surface area contributed by atoms with Gasteiger partial charge in [-0.05, 0) is 24.6 Å². The van der Waals surface area contributed by atoms with Crippen molar-refractivity contribution in [2.45, 2.75) is 71.1 Å². The predicted molar refractivity (Wildman–Crippen MR) is 97.2 cm³/mol. The van der Waals surface area contributed by atoms with Crippen LogP contribution in [0, 0.1) is 0 Å². The molecule has 0 aliphatic rings. The summed E-state index contributed by atoms with van der Waals surface area (Å²) in [7, 11) is 1.61. The molecular weight excluding hydrogens is 286 g/mol. The van der Waals surface area contributed by atoms with Crippen LogP contribution in [0.4, 0.5) is 0 Å². The molecule has 1 aromatic carbocycles. The van der Waals surface area contributed by atoms with Gasteiger partial charge in [-0.25, -0.2) is 0 Å². The van der Waals surface area contributed by atoms with Gasteiger partial charge in [-0.2, -0.15) is 0 Å². The van der Waals surface area contributed by atoms with Crippen LogP contribution in [0.15, 0.2) is 24.3 Å². The molecule has 0 saturated carbocycles. The zero-order valence-electron chi connectivity index (χ0n) is 14.9. The lowest BCUT2D eigenvalue weighted by molar-refractivity contribution is 0.0952. The summed E-state index contributed by atoms with van der Waals surface area (Å²) in [6, 6.07) is 7.28. The first-order valence-electron chi connectivity index (χ1n) is 9.20. The molecule has 0 bridgehead atoms. The van der Waals surface area contributed by atoms with Crippen molar-refractivity contribution in [3.63, 3.8) is 0 Å². The van der Waals surface area contributed by atoms with Crippen LogP contribution < -0.4 is 10.1 Å². The van der Waals surface area contributed by atoms with Gasteiger partial charge in [0.1, 0.15) is 5.75 Å². The van der Waals surface area contributed by atoms with Crippen molar-refractivity contribution in [1.29, 1.82) is 0 Å². The van der Waals surface area contributed by atoms with Gasteiger partial charge in [-0.15, -0.1) is 0 Å². The zero-order valence-corrected chi connectivity index (χ0v) is 14.9. The average molecular weight is 319 g/mol. The maximum Gasteiger partial charge on any atom is 0.251 e. The monoisotopic (exact) mass is 319 g/mol. The molecule has 0 spiro atoms. The van der Waals surface area contributed by atoms with E-state index in [2.05, 4.69) is 12.2 Å². The van der Waals surface area contributed by atoms with E-state index in [9.17, 15) is 4.79 Å². The fourth-order valence-corrected chi connectivity index (χ4v) is 2.68. The lowest BCUT2D eigenvalue weighted by Gasteiger charge is -2.07. The maximum absolute atomic E-state index is 12.0. The van der Waals surface area contributed by atoms with Crippen molar-refractivity contribution in [3.8, 4) is 5.75 Å². The summed E-state index contributed by atoms with van der Waals surface area (Å²) >= 11 is 0. The van der Waals surface area contributed by atoms with Gasteiger partial charge in [-0.1, -0.05) is 70.8 Å². The van der Waals surface area contributed by atoms with E-state index in [1.54, 1.807) is 13.2 Å². The highest BCUT2D eigenvalue weighted by Crippen LogP contribution is 2.13. The second-order valence-corrected chi connectivity index (χ2v) is 6.17. The second-order valence-electron chi connectivity index (χ2n) is 6.17. The van der Waals surface area contributed by atoms with E-state index < -0.39 is 0 Å². The molecule has 0 atom stereocenters. The smallest absolute Gasteiger partial charge is 0.251 e. The molecule has 1 N–H and O–H groups in total. The molecule has 1 amide bonds. The van der Waals surface area contributed by atoms with Gasteiger partial charge in [0, 0.05) is 12.1 Å². The number of methoxy groups -OCH3 is 1. The van der Waals surface area contributed by atoms with Crippen LogP contribution in [-0.2, 0) is 0 Å². The largest absolute Gasteiger partial charge is 0.497 e. The minimum absolute atomic E-state index is 0.0141. The molecule has 23 heavy (non-hydrogen) atoms. The Bertz CT molecular complexity index is 431. The van der Waals surface area contributed by atoms with E-state index in [1.165, 1.54) is 57.8 Å². The molecule has 0 aliphatic heterocycles. The van der Waals surface area contributed by atoms with Crippen molar-refractivity contribution in [2.75, 3.05) is 13.7 Å². The van der Waals surface area contributed by atoms with Crippen molar-refractivity contribution >= 4 is 5.91 Å². The number of unbranched alkanes of at least 4 members (excludes halogenated alkanes) is 9. The Morgan fingerprint density at radius 3 is 2.17 bits per heavy atom. The number of amides is 1. The van der Waals surface area contributed by atoms with Crippen molar-refractivity contribution in [1.82, 2.24) is 5.32 Å². The normalized spacial score (nSPS) is 10.5. The number of hydrogen-bond acceptors (Lipinski definition) is 2. The molecule has 0 aromatic heterocycles. The molecule has 0 unspecified atom stereocenters. The topological polar surface area (TPSA) is 38.3 Å². The number of ether oxygens (including phenoxy) is 1. The molecule has 1 aromatic rings. The number of carbonyl (C=O) groups excluding carboxylic acids is 1. The third-order valence-corrected chi connectivity index (χ3v) is 4.15. The van der Waals surface area contributed by atoms with Crippen LogP contribution >= 0.6 is 0 Å². The van der Waals surface area contributed by atoms with Crippen LogP contribution in [0.5, 0.6) is 5.75 Å². The van der Waals surface area contributed by atoms with E-state index in [-0.39, 0.29) is 5.91 Å². The molecule has 0 aliphatic carbocycles. The van der Waals surface area contributed by atoms with Crippen molar-refractivity contribution < 1.29 is 9.53 Å². The fraction of sp³-hybridized carbons (Fsp3) is 0.650. The van der Waals surface area contributed by atoms with E-state index in [4.69, 9.17) is 4.74 Å². The van der Waals surface area contributed by atoms with Gasteiger partial charge >= 0.3 is 0 Å². The van der Waals surface area contributed by atoms with E-state index in [0.717, 1.165) is 18.7 Å². The van der Waals surface area contributed by atoms with Crippen LogP contribution in [0.1, 0.15) is 81.5 Å². The lowest BCUT2D eigenvalue weighted by atomic mass is 10.1. The van der Waals surface area contributed by atoms with Gasteiger partial charge in [-0.3, -0.25) is 4.79 Å². The summed E-state index contributed by atoms with van der Waals surface area (Å²) in [6.45, 7) is 3.01. The highest BCUT2D eigenvalue weighted by atomic mass is 16.5. The number of hydrogen-bond donors (Lipinski definition) is 1. The fourth-order valence-electron chi connectivity index (χ4n) is 2.68. The number of benzene rings is 1. The summed E-state index contributed by atoms with van der Waals surface area (Å²) in [5, 5.41) is 2.98. The van der Waals surface area contributed by atoms with Crippen LogP contribution in [-0.4, -0.2) is 19.6 Å². The Kier molecular flexibility index (Phi) is 11.0. The van der Waals surface area contributed by atoms with Gasteiger partial charge in [0.25, 0.3) is 5.91 Å². The zero-order chi connectivity index (χ0) is 16.8. The van der Waals surface area contributed by atoms with Crippen molar-refractivity contribution in [2.24, 2.45) is 0 Å². The molecule has 0 saturated heterocycles. The molecule has 130 valence electrons. The first-order valence-corrected chi connectivity index (χ1v) is 9.20. The third kappa shape index (κ3) is 9.27. The highest BCUT2D eigenvalue weighted by Gasteiger charge is 2.05. The molecule has 1 rings (SSSR count).